The first kappa shape index (κ1) is 8.72. The third kappa shape index (κ3) is 2.20. The Morgan fingerprint density at radius 1 is 1.67 bits per heavy atom. The molecule has 52 valence electrons. The second-order valence-corrected chi connectivity index (χ2v) is 2.56. The molecule has 1 N–H and O–H groups in total. The molecule has 0 amide bonds. The minimum atomic E-state index is 0. The molecule has 0 aromatic carbocycles. The second kappa shape index (κ2) is 3.69. The van der Waals surface area contributed by atoms with Crippen molar-refractivity contribution in [2.24, 2.45) is 0 Å². The zero-order chi connectivity index (χ0) is 5.98. The summed E-state index contributed by atoms with van der Waals surface area (Å²) in [4.78, 5) is 4.14. The molecule has 0 aliphatic heterocycles. The molecule has 0 spiro atoms. The van der Waals surface area contributed by atoms with E-state index in [4.69, 9.17) is 0 Å². The Bertz CT molecular complexity index is 175. The van der Waals surface area contributed by atoms with Crippen molar-refractivity contribution in [1.82, 2.24) is 4.98 Å². The van der Waals surface area contributed by atoms with Gasteiger partial charge in [-0.1, -0.05) is 0 Å². The highest BCUT2D eigenvalue weighted by Crippen LogP contribution is 2.10. The smallest absolute Gasteiger partial charge is 0.137 e. The van der Waals surface area contributed by atoms with Gasteiger partial charge >= 0.3 is 0 Å². The molecule has 1 aromatic rings. The van der Waals surface area contributed by atoms with E-state index in [-0.39, 0.29) is 12.4 Å². The number of hydrogen-bond donors (Lipinski definition) is 1. The van der Waals surface area contributed by atoms with E-state index in [0.717, 1.165) is 10.8 Å². The van der Waals surface area contributed by atoms with Crippen molar-refractivity contribution in [2.75, 3.05) is 12.4 Å². The Morgan fingerprint density at radius 2 is 2.33 bits per heavy atom. The molecule has 0 unspecified atom stereocenters. The molecular formula is C5H9ClN2S. The molecular weight excluding hydrogens is 156 g/mol. The summed E-state index contributed by atoms with van der Waals surface area (Å²) in [5.41, 5.74) is 0. The van der Waals surface area contributed by atoms with Crippen LogP contribution in [0.15, 0.2) is 5.38 Å². The Morgan fingerprint density at radius 3 is 2.56 bits per heavy atom. The summed E-state index contributed by atoms with van der Waals surface area (Å²) in [6, 6.07) is 0. The van der Waals surface area contributed by atoms with Crippen LogP contribution < -0.4 is 5.32 Å². The first-order valence-corrected chi connectivity index (χ1v) is 3.31. The number of nitrogens with one attached hydrogen (secondary N) is 1. The number of anilines is 1. The first-order valence-electron chi connectivity index (χ1n) is 2.43. The van der Waals surface area contributed by atoms with E-state index in [1.807, 2.05) is 19.4 Å². The fraction of sp³-hybridized carbons (Fsp3) is 0.400. The molecule has 1 aromatic heterocycles. The van der Waals surface area contributed by atoms with Gasteiger partial charge in [0.2, 0.25) is 0 Å². The highest BCUT2D eigenvalue weighted by Gasteiger charge is 1.90. The summed E-state index contributed by atoms with van der Waals surface area (Å²) in [5.74, 6) is 0.965. The largest absolute Gasteiger partial charge is 0.372 e. The summed E-state index contributed by atoms with van der Waals surface area (Å²) in [6.45, 7) is 1.99. The molecule has 0 bridgehead atoms. The molecule has 4 heteroatoms. The molecule has 0 saturated heterocycles. The van der Waals surface area contributed by atoms with Crippen molar-refractivity contribution in [3.63, 3.8) is 0 Å². The van der Waals surface area contributed by atoms with E-state index in [0.29, 0.717) is 0 Å². The predicted octanol–water partition coefficient (Wildman–Crippen LogP) is 1.92. The second-order valence-electron chi connectivity index (χ2n) is 1.50. The number of halogens is 1. The number of aryl methyl sites for hydroxylation is 1. The van der Waals surface area contributed by atoms with E-state index < -0.39 is 0 Å². The quantitative estimate of drug-likeness (QED) is 0.686. The topological polar surface area (TPSA) is 24.9 Å². The molecule has 0 aliphatic rings. The van der Waals surface area contributed by atoms with Gasteiger partial charge in [-0.05, 0) is 6.92 Å². The van der Waals surface area contributed by atoms with Gasteiger partial charge in [-0.2, -0.15) is 0 Å². The van der Waals surface area contributed by atoms with Crippen molar-refractivity contribution in [3.05, 3.63) is 10.4 Å². The average molecular weight is 165 g/mol. The molecule has 0 aliphatic carbocycles. The van der Waals surface area contributed by atoms with Gasteiger partial charge < -0.3 is 5.32 Å². The lowest BCUT2D eigenvalue weighted by Gasteiger charge is -1.85. The van der Waals surface area contributed by atoms with Crippen molar-refractivity contribution < 1.29 is 0 Å². The molecule has 0 atom stereocenters. The molecule has 2 nitrogen and oxygen atoms in total. The van der Waals surface area contributed by atoms with E-state index in [1.165, 1.54) is 0 Å². The Balaban J connectivity index is 0.000000640. The van der Waals surface area contributed by atoms with Crippen molar-refractivity contribution in [2.45, 2.75) is 6.92 Å². The Hall–Kier alpha value is -0.280. The third-order valence-electron chi connectivity index (χ3n) is 0.875. The van der Waals surface area contributed by atoms with Crippen LogP contribution in [0.3, 0.4) is 0 Å². The monoisotopic (exact) mass is 164 g/mol. The van der Waals surface area contributed by atoms with Gasteiger partial charge in [0.1, 0.15) is 5.82 Å². The van der Waals surface area contributed by atoms with Crippen LogP contribution in [0.4, 0.5) is 5.82 Å². The van der Waals surface area contributed by atoms with Gasteiger partial charge in [0, 0.05) is 12.4 Å². The van der Waals surface area contributed by atoms with E-state index in [1.54, 1.807) is 11.3 Å². The molecule has 0 saturated carbocycles. The summed E-state index contributed by atoms with van der Waals surface area (Å²) in [6.07, 6.45) is 0. The third-order valence-corrected chi connectivity index (χ3v) is 1.65. The minimum absolute atomic E-state index is 0. The number of rotatable bonds is 1. The lowest BCUT2D eigenvalue weighted by molar-refractivity contribution is 1.27. The van der Waals surface area contributed by atoms with Crippen LogP contribution in [0.1, 0.15) is 5.01 Å². The fourth-order valence-corrected chi connectivity index (χ4v) is 1.08. The summed E-state index contributed by atoms with van der Waals surface area (Å²) < 4.78 is 0. The van der Waals surface area contributed by atoms with Gasteiger partial charge in [0.15, 0.2) is 0 Å². The molecule has 1 rings (SSSR count). The van der Waals surface area contributed by atoms with Gasteiger partial charge in [-0.3, -0.25) is 0 Å². The molecule has 9 heavy (non-hydrogen) atoms. The van der Waals surface area contributed by atoms with Crippen LogP contribution >= 0.6 is 23.7 Å². The normalized spacial score (nSPS) is 8.22. The van der Waals surface area contributed by atoms with Crippen LogP contribution in [-0.2, 0) is 0 Å². The van der Waals surface area contributed by atoms with E-state index in [9.17, 15) is 0 Å². The van der Waals surface area contributed by atoms with Gasteiger partial charge in [0.25, 0.3) is 0 Å². The first-order chi connectivity index (χ1) is 3.83. The van der Waals surface area contributed by atoms with Gasteiger partial charge in [-0.25, -0.2) is 4.98 Å². The molecule has 0 radical (unpaired) electrons. The minimum Gasteiger partial charge on any atom is -0.372 e. The number of thiazole rings is 1. The van der Waals surface area contributed by atoms with Gasteiger partial charge in [0.05, 0.1) is 5.01 Å². The standard InChI is InChI=1S/C5H8N2S.ClH/c1-4-7-5(6-2)3-8-4;/h3,6H,1-2H3;1H. The maximum Gasteiger partial charge on any atom is 0.137 e. The maximum absolute atomic E-state index is 4.14. The van der Waals surface area contributed by atoms with Crippen LogP contribution in [0.5, 0.6) is 0 Å². The zero-order valence-electron chi connectivity index (χ0n) is 5.34. The van der Waals surface area contributed by atoms with Crippen LogP contribution in [0.2, 0.25) is 0 Å². The van der Waals surface area contributed by atoms with Crippen molar-refractivity contribution in [1.29, 1.82) is 0 Å². The number of nitrogens with zero attached hydrogens (tertiary/aromatic N) is 1. The summed E-state index contributed by atoms with van der Waals surface area (Å²) in [7, 11) is 1.87. The summed E-state index contributed by atoms with van der Waals surface area (Å²) in [5, 5.41) is 6.05. The van der Waals surface area contributed by atoms with E-state index >= 15 is 0 Å². The Kier molecular flexibility index (Phi) is 3.58. The zero-order valence-corrected chi connectivity index (χ0v) is 6.97. The highest BCUT2D eigenvalue weighted by molar-refractivity contribution is 7.09. The lowest BCUT2D eigenvalue weighted by Crippen LogP contribution is -1.85. The van der Waals surface area contributed by atoms with Crippen LogP contribution in [0, 0.1) is 6.92 Å². The summed E-state index contributed by atoms with van der Waals surface area (Å²) >= 11 is 1.66. The van der Waals surface area contributed by atoms with Crippen molar-refractivity contribution >= 4 is 29.6 Å². The van der Waals surface area contributed by atoms with Crippen molar-refractivity contribution in [3.8, 4) is 0 Å². The van der Waals surface area contributed by atoms with Crippen LogP contribution in [0.25, 0.3) is 0 Å². The van der Waals surface area contributed by atoms with Gasteiger partial charge in [-0.15, -0.1) is 23.7 Å². The van der Waals surface area contributed by atoms with Crippen LogP contribution in [-0.4, -0.2) is 12.0 Å². The lowest BCUT2D eigenvalue weighted by atomic mass is 10.7. The van der Waals surface area contributed by atoms with E-state index in [2.05, 4.69) is 10.3 Å². The Labute approximate surface area is 64.7 Å². The fourth-order valence-electron chi connectivity index (χ4n) is 0.478. The molecule has 0 fully saturated rings. The molecule has 1 heterocycles. The average Bonchev–Trinajstić information content (AvgIpc) is 2.14. The highest BCUT2D eigenvalue weighted by atomic mass is 35.5. The number of aromatic nitrogens is 1. The predicted molar refractivity (Wildman–Crippen MR) is 43.6 cm³/mol. The maximum atomic E-state index is 4.14. The SMILES string of the molecule is CNc1csc(C)n1.Cl. The number of hydrogen-bond acceptors (Lipinski definition) is 3.